The molecule has 0 aliphatic heterocycles. The van der Waals surface area contributed by atoms with E-state index in [1.165, 1.54) is 11.1 Å². The number of hydrogen-bond acceptors (Lipinski definition) is 2. The Morgan fingerprint density at radius 2 is 1.00 bits per heavy atom. The zero-order valence-electron chi connectivity index (χ0n) is 14.0. The van der Waals surface area contributed by atoms with Gasteiger partial charge in [-0.25, -0.2) is 0 Å². The van der Waals surface area contributed by atoms with Crippen LogP contribution in [0.15, 0.2) is 82.8 Å². The molecule has 118 valence electrons. The Hall–Kier alpha value is -3.00. The molecule has 0 unspecified atom stereocenters. The Kier molecular flexibility index (Phi) is 4.97. The van der Waals surface area contributed by atoms with Gasteiger partial charge >= 0.3 is 0 Å². The molecule has 0 N–H and O–H groups in total. The number of rotatable bonds is 4. The Labute approximate surface area is 143 Å². The number of hydrogen-bond donors (Lipinski definition) is 0. The monoisotopic (exact) mass is 312 g/mol. The molecule has 0 atom stereocenters. The summed E-state index contributed by atoms with van der Waals surface area (Å²) in [6, 6.07) is 24.5. The molecule has 2 heteroatoms. The molecule has 0 amide bonds. The van der Waals surface area contributed by atoms with Crippen LogP contribution in [0.1, 0.15) is 22.3 Å². The van der Waals surface area contributed by atoms with Gasteiger partial charge in [0.05, 0.1) is 11.4 Å². The lowest BCUT2D eigenvalue weighted by molar-refractivity contribution is 1.43. The number of nitrogens with zero attached hydrogens (tertiary/aromatic N) is 2. The predicted molar refractivity (Wildman–Crippen MR) is 103 cm³/mol. The van der Waals surface area contributed by atoms with Crippen molar-refractivity contribution < 1.29 is 0 Å². The van der Waals surface area contributed by atoms with Crippen molar-refractivity contribution in [3.05, 3.63) is 95.1 Å². The van der Waals surface area contributed by atoms with Gasteiger partial charge in [-0.05, 0) is 55.3 Å². The van der Waals surface area contributed by atoms with E-state index in [9.17, 15) is 0 Å². The fourth-order valence-corrected chi connectivity index (χ4v) is 2.28. The third-order valence-corrected chi connectivity index (χ3v) is 3.70. The molecule has 3 aromatic rings. The molecule has 0 fully saturated rings. The molecule has 0 aliphatic carbocycles. The molecule has 0 saturated carbocycles. The summed E-state index contributed by atoms with van der Waals surface area (Å²) in [4.78, 5) is 9.03. The molecule has 0 saturated heterocycles. The minimum absolute atomic E-state index is 0.958. The molecule has 0 radical (unpaired) electrons. The van der Waals surface area contributed by atoms with E-state index in [0.717, 1.165) is 22.5 Å². The van der Waals surface area contributed by atoms with Crippen molar-refractivity contribution in [1.29, 1.82) is 0 Å². The van der Waals surface area contributed by atoms with Gasteiger partial charge < -0.3 is 0 Å². The largest absolute Gasteiger partial charge is 0.256 e. The van der Waals surface area contributed by atoms with Crippen molar-refractivity contribution in [2.45, 2.75) is 13.8 Å². The van der Waals surface area contributed by atoms with Gasteiger partial charge in [-0.2, -0.15) is 0 Å². The van der Waals surface area contributed by atoms with Crippen LogP contribution in [-0.4, -0.2) is 12.4 Å². The van der Waals surface area contributed by atoms with Crippen LogP contribution in [-0.2, 0) is 0 Å². The highest BCUT2D eigenvalue weighted by Crippen LogP contribution is 2.14. The van der Waals surface area contributed by atoms with Crippen LogP contribution < -0.4 is 0 Å². The maximum atomic E-state index is 4.52. The van der Waals surface area contributed by atoms with Gasteiger partial charge in [0, 0.05) is 12.4 Å². The smallest absolute Gasteiger partial charge is 0.0630 e. The maximum absolute atomic E-state index is 4.52. The molecule has 2 nitrogen and oxygen atoms in total. The first kappa shape index (κ1) is 15.9. The Morgan fingerprint density at radius 3 is 1.42 bits per heavy atom. The predicted octanol–water partition coefficient (Wildman–Crippen LogP) is 5.80. The van der Waals surface area contributed by atoms with Crippen molar-refractivity contribution in [3.63, 3.8) is 0 Å². The maximum Gasteiger partial charge on any atom is 0.0630 e. The van der Waals surface area contributed by atoms with Crippen LogP contribution in [0, 0.1) is 13.8 Å². The van der Waals surface area contributed by atoms with Gasteiger partial charge in [0.2, 0.25) is 0 Å². The molecule has 0 aromatic heterocycles. The summed E-state index contributed by atoms with van der Waals surface area (Å²) in [6.07, 6.45) is 3.77. The van der Waals surface area contributed by atoms with Gasteiger partial charge in [-0.15, -0.1) is 0 Å². The highest BCUT2D eigenvalue weighted by molar-refractivity contribution is 5.88. The van der Waals surface area contributed by atoms with Crippen molar-refractivity contribution in [2.75, 3.05) is 0 Å². The summed E-state index contributed by atoms with van der Waals surface area (Å²) >= 11 is 0. The minimum Gasteiger partial charge on any atom is -0.256 e. The Balaban J connectivity index is 1.74. The number of aliphatic imine (C=N–C) groups is 2. The van der Waals surface area contributed by atoms with Crippen LogP contribution in [0.4, 0.5) is 11.4 Å². The molecule has 0 aliphatic rings. The second-order valence-corrected chi connectivity index (χ2v) is 5.86. The number of aryl methyl sites for hydroxylation is 2. The second-order valence-electron chi connectivity index (χ2n) is 5.86. The third-order valence-electron chi connectivity index (χ3n) is 3.70. The summed E-state index contributed by atoms with van der Waals surface area (Å²) in [6.45, 7) is 4.15. The molecule has 0 spiro atoms. The first-order chi connectivity index (χ1) is 11.7. The summed E-state index contributed by atoms with van der Waals surface area (Å²) in [7, 11) is 0. The van der Waals surface area contributed by atoms with Crippen molar-refractivity contribution in [2.24, 2.45) is 9.98 Å². The van der Waals surface area contributed by atoms with E-state index in [-0.39, 0.29) is 0 Å². The van der Waals surface area contributed by atoms with E-state index in [0.29, 0.717) is 0 Å². The molecule has 0 heterocycles. The van der Waals surface area contributed by atoms with E-state index < -0.39 is 0 Å². The lowest BCUT2D eigenvalue weighted by Gasteiger charge is -1.98. The molecular weight excluding hydrogens is 292 g/mol. The molecular formula is C22H20N2. The molecule has 3 rings (SSSR count). The van der Waals surface area contributed by atoms with Gasteiger partial charge in [0.15, 0.2) is 0 Å². The van der Waals surface area contributed by atoms with Crippen LogP contribution in [0.5, 0.6) is 0 Å². The zero-order chi connectivity index (χ0) is 16.8. The fourth-order valence-electron chi connectivity index (χ4n) is 2.28. The summed E-state index contributed by atoms with van der Waals surface area (Å²) < 4.78 is 0. The highest BCUT2D eigenvalue weighted by Gasteiger charge is 1.93. The van der Waals surface area contributed by atoms with Crippen molar-refractivity contribution in [1.82, 2.24) is 0 Å². The Bertz CT molecular complexity index is 786. The average molecular weight is 312 g/mol. The normalized spacial score (nSPS) is 11.4. The van der Waals surface area contributed by atoms with Crippen LogP contribution in [0.3, 0.4) is 0 Å². The molecule has 24 heavy (non-hydrogen) atoms. The zero-order valence-corrected chi connectivity index (χ0v) is 14.0. The van der Waals surface area contributed by atoms with Crippen molar-refractivity contribution >= 4 is 23.8 Å². The minimum atomic E-state index is 0.958. The van der Waals surface area contributed by atoms with E-state index in [1.807, 2.05) is 54.9 Å². The molecule has 0 bridgehead atoms. The number of benzene rings is 3. The van der Waals surface area contributed by atoms with Crippen LogP contribution in [0.2, 0.25) is 0 Å². The average Bonchev–Trinajstić information content (AvgIpc) is 2.61. The SMILES string of the molecule is Cc1ccc(/N=C/c2cccc(/C=N/c3ccc(C)cc3)c2)cc1. The third kappa shape index (κ3) is 4.50. The summed E-state index contributed by atoms with van der Waals surface area (Å²) in [5, 5.41) is 0. The summed E-state index contributed by atoms with van der Waals surface area (Å²) in [5.41, 5.74) is 6.51. The summed E-state index contributed by atoms with van der Waals surface area (Å²) in [5.74, 6) is 0. The lowest BCUT2D eigenvalue weighted by atomic mass is 10.1. The first-order valence-corrected chi connectivity index (χ1v) is 8.01. The van der Waals surface area contributed by atoms with Gasteiger partial charge in [0.25, 0.3) is 0 Å². The van der Waals surface area contributed by atoms with E-state index in [1.54, 1.807) is 0 Å². The fraction of sp³-hybridized carbons (Fsp3) is 0.0909. The van der Waals surface area contributed by atoms with E-state index in [2.05, 4.69) is 54.2 Å². The standard InChI is InChI=1S/C22H20N2/c1-17-6-10-21(11-7-17)23-15-19-4-3-5-20(14-19)16-24-22-12-8-18(2)9-13-22/h3-16H,1-2H3/b23-15+,24-16+. The quantitative estimate of drug-likeness (QED) is 0.544. The van der Waals surface area contributed by atoms with Crippen LogP contribution in [0.25, 0.3) is 0 Å². The molecule has 3 aromatic carbocycles. The van der Waals surface area contributed by atoms with Gasteiger partial charge in [-0.1, -0.05) is 53.6 Å². The topological polar surface area (TPSA) is 24.7 Å². The van der Waals surface area contributed by atoms with Crippen LogP contribution >= 0.6 is 0 Å². The lowest BCUT2D eigenvalue weighted by Crippen LogP contribution is -1.85. The van der Waals surface area contributed by atoms with Gasteiger partial charge in [-0.3, -0.25) is 9.98 Å². The van der Waals surface area contributed by atoms with E-state index >= 15 is 0 Å². The Morgan fingerprint density at radius 1 is 0.583 bits per heavy atom. The van der Waals surface area contributed by atoms with Crippen molar-refractivity contribution in [3.8, 4) is 0 Å². The first-order valence-electron chi connectivity index (χ1n) is 8.01. The van der Waals surface area contributed by atoms with E-state index in [4.69, 9.17) is 0 Å². The van der Waals surface area contributed by atoms with Gasteiger partial charge in [0.1, 0.15) is 0 Å². The highest BCUT2D eigenvalue weighted by atomic mass is 14.7. The second kappa shape index (κ2) is 7.51.